The van der Waals surface area contributed by atoms with Crippen molar-refractivity contribution in [3.63, 3.8) is 0 Å². The Hall–Kier alpha value is -3.74. The SMILES string of the molecule is CCCCCCCCCCCCCCCC(=O)C1=C(O)C(COC(=O)c2ccc(C(=O)c3ccccc3)cc2)OC1=O. The van der Waals surface area contributed by atoms with Gasteiger partial charge in [0.25, 0.3) is 0 Å². The van der Waals surface area contributed by atoms with Crippen LogP contribution in [0.5, 0.6) is 0 Å². The molecule has 1 unspecified atom stereocenters. The first kappa shape index (κ1) is 32.8. The minimum atomic E-state index is -1.22. The number of hydrogen-bond donors (Lipinski definition) is 1. The number of Topliss-reactive ketones (excluding diaryl/α,β-unsaturated/α-hetero) is 1. The monoisotopic (exact) mass is 576 g/mol. The van der Waals surface area contributed by atoms with Gasteiger partial charge in [-0.3, -0.25) is 9.59 Å². The van der Waals surface area contributed by atoms with Crippen LogP contribution in [-0.2, 0) is 19.1 Å². The van der Waals surface area contributed by atoms with E-state index in [9.17, 15) is 24.3 Å². The minimum Gasteiger partial charge on any atom is -0.507 e. The van der Waals surface area contributed by atoms with Gasteiger partial charge in [0.15, 0.2) is 23.4 Å². The van der Waals surface area contributed by atoms with Gasteiger partial charge in [0, 0.05) is 17.5 Å². The lowest BCUT2D eigenvalue weighted by Gasteiger charge is -2.11. The third-order valence-corrected chi connectivity index (χ3v) is 7.59. The molecule has 0 bridgehead atoms. The molecule has 0 saturated heterocycles. The van der Waals surface area contributed by atoms with Gasteiger partial charge in [0.1, 0.15) is 12.2 Å². The summed E-state index contributed by atoms with van der Waals surface area (Å²) in [5.74, 6) is -2.70. The predicted octanol–water partition coefficient (Wildman–Crippen LogP) is 7.86. The highest BCUT2D eigenvalue weighted by Gasteiger charge is 2.38. The van der Waals surface area contributed by atoms with Crippen LogP contribution >= 0.6 is 0 Å². The van der Waals surface area contributed by atoms with E-state index < -0.39 is 36.2 Å². The third kappa shape index (κ3) is 10.3. The van der Waals surface area contributed by atoms with E-state index in [1.165, 1.54) is 82.1 Å². The highest BCUT2D eigenvalue weighted by atomic mass is 16.6. The molecule has 42 heavy (non-hydrogen) atoms. The Morgan fingerprint density at radius 2 is 1.21 bits per heavy atom. The summed E-state index contributed by atoms with van der Waals surface area (Å²) in [5, 5.41) is 10.5. The van der Waals surface area contributed by atoms with Crippen molar-refractivity contribution in [2.75, 3.05) is 6.61 Å². The van der Waals surface area contributed by atoms with Crippen molar-refractivity contribution < 1.29 is 33.8 Å². The molecule has 0 spiro atoms. The molecule has 0 radical (unpaired) electrons. The molecular weight excluding hydrogens is 532 g/mol. The fourth-order valence-electron chi connectivity index (χ4n) is 5.06. The number of hydrogen-bond acceptors (Lipinski definition) is 7. The van der Waals surface area contributed by atoms with Crippen molar-refractivity contribution >= 4 is 23.5 Å². The second-order valence-electron chi connectivity index (χ2n) is 10.9. The van der Waals surface area contributed by atoms with Gasteiger partial charge in [0.05, 0.1) is 5.56 Å². The van der Waals surface area contributed by atoms with Crippen LogP contribution in [0.4, 0.5) is 0 Å². The highest BCUT2D eigenvalue weighted by Crippen LogP contribution is 2.24. The van der Waals surface area contributed by atoms with Crippen molar-refractivity contribution in [2.45, 2.75) is 103 Å². The van der Waals surface area contributed by atoms with Gasteiger partial charge < -0.3 is 14.6 Å². The van der Waals surface area contributed by atoms with Crippen LogP contribution < -0.4 is 0 Å². The van der Waals surface area contributed by atoms with Crippen LogP contribution in [0.2, 0.25) is 0 Å². The predicted molar refractivity (Wildman–Crippen MR) is 161 cm³/mol. The lowest BCUT2D eigenvalue weighted by atomic mass is 10.0. The summed E-state index contributed by atoms with van der Waals surface area (Å²) in [6.45, 7) is 1.81. The van der Waals surface area contributed by atoms with E-state index >= 15 is 0 Å². The molecule has 0 saturated carbocycles. The zero-order chi connectivity index (χ0) is 30.2. The summed E-state index contributed by atoms with van der Waals surface area (Å²) in [6, 6.07) is 14.8. The van der Waals surface area contributed by atoms with E-state index in [2.05, 4.69) is 6.92 Å². The summed E-state index contributed by atoms with van der Waals surface area (Å²) in [5.41, 5.74) is 0.817. The van der Waals surface area contributed by atoms with Gasteiger partial charge in [0.2, 0.25) is 0 Å². The number of carbonyl (C=O) groups is 4. The van der Waals surface area contributed by atoms with E-state index in [1.54, 1.807) is 24.3 Å². The van der Waals surface area contributed by atoms with Crippen molar-refractivity contribution in [1.82, 2.24) is 0 Å². The standard InChI is InChI=1S/C35H44O7/c1-2-3-4-5-6-7-8-9-10-11-12-13-17-20-29(36)31-33(38)30(42-35(31)40)25-41-34(39)28-23-21-27(22-24-28)32(37)26-18-15-14-16-19-26/h14-16,18-19,21-24,30,38H,2-13,17,20,25H2,1H3. The average Bonchev–Trinajstić information content (AvgIpc) is 3.30. The number of cyclic esters (lactones) is 1. The van der Waals surface area contributed by atoms with Crippen molar-refractivity contribution in [3.05, 3.63) is 82.6 Å². The van der Waals surface area contributed by atoms with Crippen molar-refractivity contribution in [1.29, 1.82) is 0 Å². The third-order valence-electron chi connectivity index (χ3n) is 7.59. The van der Waals surface area contributed by atoms with Crippen LogP contribution in [0.25, 0.3) is 0 Å². The van der Waals surface area contributed by atoms with Gasteiger partial charge in [-0.2, -0.15) is 0 Å². The summed E-state index contributed by atoms with van der Waals surface area (Å²) in [7, 11) is 0. The Bertz CT molecular complexity index is 1200. The molecule has 1 aliphatic heterocycles. The van der Waals surface area contributed by atoms with Gasteiger partial charge in [-0.25, -0.2) is 9.59 Å². The number of ketones is 2. The summed E-state index contributed by atoms with van der Waals surface area (Å²) in [6.07, 6.45) is 14.4. The Kier molecular flexibility index (Phi) is 14.0. The zero-order valence-electron chi connectivity index (χ0n) is 24.8. The molecular formula is C35H44O7. The molecule has 0 aliphatic carbocycles. The van der Waals surface area contributed by atoms with Crippen molar-refractivity contribution in [2.24, 2.45) is 0 Å². The van der Waals surface area contributed by atoms with Gasteiger partial charge in [-0.1, -0.05) is 126 Å². The van der Waals surface area contributed by atoms with Gasteiger partial charge in [-0.05, 0) is 18.6 Å². The summed E-state index contributed by atoms with van der Waals surface area (Å²) in [4.78, 5) is 49.9. The van der Waals surface area contributed by atoms with Gasteiger partial charge in [-0.15, -0.1) is 0 Å². The second-order valence-corrected chi connectivity index (χ2v) is 10.9. The number of aliphatic hydroxyl groups excluding tert-OH is 1. The van der Waals surface area contributed by atoms with Crippen LogP contribution in [-0.4, -0.2) is 41.3 Å². The molecule has 0 amide bonds. The molecule has 7 heteroatoms. The lowest BCUT2D eigenvalue weighted by molar-refractivity contribution is -0.142. The van der Waals surface area contributed by atoms with Crippen molar-refractivity contribution in [3.8, 4) is 0 Å². The molecule has 1 aliphatic rings. The second kappa shape index (κ2) is 17.9. The summed E-state index contributed by atoms with van der Waals surface area (Å²) >= 11 is 0. The van der Waals surface area contributed by atoms with E-state index in [0.29, 0.717) is 17.5 Å². The van der Waals surface area contributed by atoms with E-state index in [4.69, 9.17) is 9.47 Å². The topological polar surface area (TPSA) is 107 Å². The van der Waals surface area contributed by atoms with Crippen LogP contribution in [0.15, 0.2) is 65.9 Å². The molecule has 0 fully saturated rings. The molecule has 2 aromatic carbocycles. The lowest BCUT2D eigenvalue weighted by Crippen LogP contribution is -2.21. The fourth-order valence-corrected chi connectivity index (χ4v) is 5.06. The first-order valence-corrected chi connectivity index (χ1v) is 15.5. The first-order valence-electron chi connectivity index (χ1n) is 15.5. The first-order chi connectivity index (χ1) is 20.4. The number of aliphatic hydroxyl groups is 1. The van der Waals surface area contributed by atoms with E-state index in [-0.39, 0.29) is 23.3 Å². The Balaban J connectivity index is 1.34. The van der Waals surface area contributed by atoms with E-state index in [1.807, 2.05) is 6.07 Å². The molecule has 3 rings (SSSR count). The van der Waals surface area contributed by atoms with E-state index in [0.717, 1.165) is 19.3 Å². The van der Waals surface area contributed by atoms with Gasteiger partial charge >= 0.3 is 11.9 Å². The highest BCUT2D eigenvalue weighted by molar-refractivity contribution is 6.19. The number of ether oxygens (including phenoxy) is 2. The molecule has 0 aromatic heterocycles. The van der Waals surface area contributed by atoms with Crippen LogP contribution in [0.1, 0.15) is 123 Å². The molecule has 1 heterocycles. The van der Waals surface area contributed by atoms with Crippen LogP contribution in [0, 0.1) is 0 Å². The number of rotatable bonds is 20. The molecule has 1 atom stereocenters. The molecule has 7 nitrogen and oxygen atoms in total. The maximum atomic E-state index is 12.6. The Morgan fingerprint density at radius 1 is 0.714 bits per heavy atom. The number of carbonyl (C=O) groups excluding carboxylic acids is 4. The normalized spacial score (nSPS) is 14.6. The number of benzene rings is 2. The maximum Gasteiger partial charge on any atom is 0.346 e. The molecule has 1 N–H and O–H groups in total. The number of esters is 2. The number of unbranched alkanes of at least 4 members (excludes halogenated alkanes) is 12. The molecule has 2 aromatic rings. The average molecular weight is 577 g/mol. The zero-order valence-corrected chi connectivity index (χ0v) is 24.8. The Morgan fingerprint density at radius 3 is 1.79 bits per heavy atom. The minimum absolute atomic E-state index is 0.160. The van der Waals surface area contributed by atoms with Crippen LogP contribution in [0.3, 0.4) is 0 Å². The fraction of sp³-hybridized carbons (Fsp3) is 0.486. The largest absolute Gasteiger partial charge is 0.507 e. The molecule has 226 valence electrons. The quantitative estimate of drug-likeness (QED) is 0.0740. The summed E-state index contributed by atoms with van der Waals surface area (Å²) < 4.78 is 10.3. The Labute approximate surface area is 249 Å². The smallest absolute Gasteiger partial charge is 0.346 e. The maximum absolute atomic E-state index is 12.6.